The molecule has 0 unspecified atom stereocenters. The van der Waals surface area contributed by atoms with Crippen molar-refractivity contribution < 1.29 is 19.7 Å². The third kappa shape index (κ3) is 6.52. The molecule has 1 aromatic rings. The second-order valence-corrected chi connectivity index (χ2v) is 7.06. The summed E-state index contributed by atoms with van der Waals surface area (Å²) in [7, 11) is 0. The zero-order valence-corrected chi connectivity index (χ0v) is 15.6. The van der Waals surface area contributed by atoms with Gasteiger partial charge in [0.05, 0.1) is 13.2 Å². The van der Waals surface area contributed by atoms with Crippen LogP contribution in [-0.4, -0.2) is 36.6 Å². The minimum atomic E-state index is 0.125. The molecule has 0 heterocycles. The van der Waals surface area contributed by atoms with Gasteiger partial charge in [0.1, 0.15) is 0 Å². The first-order valence-corrected chi connectivity index (χ1v) is 9.89. The van der Waals surface area contributed by atoms with E-state index >= 15 is 0 Å². The molecule has 2 rings (SSSR count). The Bertz CT molecular complexity index is 481. The van der Waals surface area contributed by atoms with Crippen molar-refractivity contribution in [3.63, 3.8) is 0 Å². The highest BCUT2D eigenvalue weighted by Crippen LogP contribution is 2.40. The smallest absolute Gasteiger partial charge is 0.161 e. The number of hydrogen-bond acceptors (Lipinski definition) is 4. The van der Waals surface area contributed by atoms with Gasteiger partial charge in [0.15, 0.2) is 11.5 Å². The van der Waals surface area contributed by atoms with Gasteiger partial charge in [-0.1, -0.05) is 25.8 Å². The summed E-state index contributed by atoms with van der Waals surface area (Å²) in [5.41, 5.74) is 1.34. The highest BCUT2D eigenvalue weighted by atomic mass is 16.5. The van der Waals surface area contributed by atoms with Gasteiger partial charge in [-0.05, 0) is 55.2 Å². The molecule has 0 radical (unpaired) electrons. The molecule has 0 amide bonds. The second kappa shape index (κ2) is 11.4. The summed E-state index contributed by atoms with van der Waals surface area (Å²) in [6, 6.07) is 6.29. The van der Waals surface area contributed by atoms with Crippen LogP contribution in [-0.2, 0) is 0 Å². The van der Waals surface area contributed by atoms with E-state index in [1.165, 1.54) is 44.1 Å². The Labute approximate surface area is 152 Å². The van der Waals surface area contributed by atoms with Crippen LogP contribution in [0.5, 0.6) is 11.5 Å². The van der Waals surface area contributed by atoms with Gasteiger partial charge in [-0.3, -0.25) is 0 Å². The summed E-state index contributed by atoms with van der Waals surface area (Å²) in [6.07, 6.45) is 9.04. The van der Waals surface area contributed by atoms with E-state index in [9.17, 15) is 0 Å². The minimum absolute atomic E-state index is 0.125. The molecule has 4 heteroatoms. The maximum absolute atomic E-state index is 8.97. The number of ether oxygens (including phenoxy) is 2. The van der Waals surface area contributed by atoms with Gasteiger partial charge < -0.3 is 19.7 Å². The first-order chi connectivity index (χ1) is 12.3. The van der Waals surface area contributed by atoms with Crippen molar-refractivity contribution in [2.75, 3.05) is 26.4 Å². The first-order valence-electron chi connectivity index (χ1n) is 9.89. The molecule has 25 heavy (non-hydrogen) atoms. The maximum Gasteiger partial charge on any atom is 0.161 e. The van der Waals surface area contributed by atoms with Crippen LogP contribution < -0.4 is 9.47 Å². The topological polar surface area (TPSA) is 58.9 Å². The van der Waals surface area contributed by atoms with Crippen LogP contribution >= 0.6 is 0 Å². The molecule has 1 aliphatic rings. The van der Waals surface area contributed by atoms with Crippen molar-refractivity contribution in [3.05, 3.63) is 23.8 Å². The van der Waals surface area contributed by atoms with E-state index < -0.39 is 0 Å². The molecule has 0 bridgehead atoms. The standard InChI is InChI=1S/C21H34O4/c1-2-5-17-6-8-18(9-7-17)19-10-11-20(24-14-3-12-22)21(16-19)25-15-4-13-23/h10-11,16-18,22-23H,2-9,12-15H2,1H3. The molecule has 0 saturated heterocycles. The largest absolute Gasteiger partial charge is 0.490 e. The normalized spacial score (nSPS) is 20.4. The molecule has 1 aromatic carbocycles. The maximum atomic E-state index is 8.97. The van der Waals surface area contributed by atoms with E-state index in [0.717, 1.165) is 17.4 Å². The first kappa shape index (κ1) is 20.1. The molecule has 142 valence electrons. The predicted molar refractivity (Wildman–Crippen MR) is 100 cm³/mol. The Kier molecular flexibility index (Phi) is 9.12. The Morgan fingerprint density at radius 2 is 1.56 bits per heavy atom. The third-order valence-electron chi connectivity index (χ3n) is 5.10. The fourth-order valence-electron chi connectivity index (χ4n) is 3.70. The lowest BCUT2D eigenvalue weighted by Gasteiger charge is -2.29. The second-order valence-electron chi connectivity index (χ2n) is 7.06. The highest BCUT2D eigenvalue weighted by Gasteiger charge is 2.22. The third-order valence-corrected chi connectivity index (χ3v) is 5.10. The zero-order chi connectivity index (χ0) is 17.9. The Morgan fingerprint density at radius 1 is 0.920 bits per heavy atom. The number of aliphatic hydroxyl groups excluding tert-OH is 2. The lowest BCUT2D eigenvalue weighted by molar-refractivity contribution is 0.211. The number of benzene rings is 1. The van der Waals surface area contributed by atoms with Crippen molar-refractivity contribution in [2.24, 2.45) is 5.92 Å². The molecule has 0 aromatic heterocycles. The average molecular weight is 350 g/mol. The van der Waals surface area contributed by atoms with E-state index in [4.69, 9.17) is 19.7 Å². The molecule has 0 atom stereocenters. The van der Waals surface area contributed by atoms with Crippen molar-refractivity contribution in [1.29, 1.82) is 0 Å². The zero-order valence-electron chi connectivity index (χ0n) is 15.6. The molecule has 0 spiro atoms. The van der Waals surface area contributed by atoms with Gasteiger partial charge in [-0.2, -0.15) is 0 Å². The quantitative estimate of drug-likeness (QED) is 0.585. The summed E-state index contributed by atoms with van der Waals surface area (Å²) in [5.74, 6) is 3.01. The fraction of sp³-hybridized carbons (Fsp3) is 0.714. The predicted octanol–water partition coefficient (Wildman–Crippen LogP) is 4.28. The summed E-state index contributed by atoms with van der Waals surface area (Å²) in [5, 5.41) is 17.9. The number of aliphatic hydroxyl groups is 2. The lowest BCUT2D eigenvalue weighted by atomic mass is 9.77. The van der Waals surface area contributed by atoms with Crippen LogP contribution in [0, 0.1) is 5.92 Å². The van der Waals surface area contributed by atoms with Crippen molar-refractivity contribution in [2.45, 2.75) is 64.2 Å². The molecule has 4 nitrogen and oxygen atoms in total. The minimum Gasteiger partial charge on any atom is -0.490 e. The molecule has 0 aliphatic heterocycles. The summed E-state index contributed by atoms with van der Waals surface area (Å²) in [6.45, 7) is 3.49. The van der Waals surface area contributed by atoms with E-state index in [1.54, 1.807) is 0 Å². The van der Waals surface area contributed by atoms with Gasteiger partial charge >= 0.3 is 0 Å². The number of hydrogen-bond donors (Lipinski definition) is 2. The monoisotopic (exact) mass is 350 g/mol. The Hall–Kier alpha value is -1.26. The van der Waals surface area contributed by atoms with Crippen LogP contribution in [0.4, 0.5) is 0 Å². The van der Waals surface area contributed by atoms with Crippen LogP contribution in [0.1, 0.15) is 69.8 Å². The van der Waals surface area contributed by atoms with Crippen LogP contribution in [0.2, 0.25) is 0 Å². The number of rotatable bonds is 11. The molecule has 1 saturated carbocycles. The van der Waals surface area contributed by atoms with E-state index in [-0.39, 0.29) is 13.2 Å². The van der Waals surface area contributed by atoms with E-state index in [0.29, 0.717) is 32.0 Å². The van der Waals surface area contributed by atoms with Gasteiger partial charge in [0.2, 0.25) is 0 Å². The Balaban J connectivity index is 2.01. The summed E-state index contributed by atoms with van der Waals surface area (Å²) in [4.78, 5) is 0. The van der Waals surface area contributed by atoms with Crippen molar-refractivity contribution in [1.82, 2.24) is 0 Å². The van der Waals surface area contributed by atoms with Crippen LogP contribution in [0.15, 0.2) is 18.2 Å². The van der Waals surface area contributed by atoms with Crippen LogP contribution in [0.3, 0.4) is 0 Å². The SMILES string of the molecule is CCCC1CCC(c2ccc(OCCCO)c(OCCCO)c2)CC1. The molecular formula is C21H34O4. The van der Waals surface area contributed by atoms with Gasteiger partial charge in [0, 0.05) is 26.1 Å². The average Bonchev–Trinajstić information content (AvgIpc) is 2.64. The summed E-state index contributed by atoms with van der Waals surface area (Å²) >= 11 is 0. The molecular weight excluding hydrogens is 316 g/mol. The summed E-state index contributed by atoms with van der Waals surface area (Å²) < 4.78 is 11.6. The lowest BCUT2D eigenvalue weighted by Crippen LogP contribution is -2.13. The van der Waals surface area contributed by atoms with Crippen molar-refractivity contribution in [3.8, 4) is 11.5 Å². The molecule has 2 N–H and O–H groups in total. The van der Waals surface area contributed by atoms with Gasteiger partial charge in [0.25, 0.3) is 0 Å². The van der Waals surface area contributed by atoms with E-state index in [2.05, 4.69) is 19.1 Å². The molecule has 1 fully saturated rings. The highest BCUT2D eigenvalue weighted by molar-refractivity contribution is 5.44. The molecule has 1 aliphatic carbocycles. The van der Waals surface area contributed by atoms with Gasteiger partial charge in [-0.15, -0.1) is 0 Å². The van der Waals surface area contributed by atoms with Crippen LogP contribution in [0.25, 0.3) is 0 Å². The van der Waals surface area contributed by atoms with E-state index in [1.807, 2.05) is 6.07 Å². The Morgan fingerprint density at radius 3 is 2.16 bits per heavy atom. The van der Waals surface area contributed by atoms with Crippen molar-refractivity contribution >= 4 is 0 Å². The fourth-order valence-corrected chi connectivity index (χ4v) is 3.70. The van der Waals surface area contributed by atoms with Gasteiger partial charge in [-0.25, -0.2) is 0 Å².